The Morgan fingerprint density at radius 3 is 1.95 bits per heavy atom. The molecule has 0 radical (unpaired) electrons. The van der Waals surface area contributed by atoms with Crippen LogP contribution in [0.25, 0.3) is 0 Å². The van der Waals surface area contributed by atoms with Gasteiger partial charge in [-0.1, -0.05) is 6.07 Å². The fourth-order valence-corrected chi connectivity index (χ4v) is 1.75. The minimum Gasteiger partial charge on any atom is -0.493 e. The molecule has 1 aromatic carbocycles. The van der Waals surface area contributed by atoms with E-state index in [-0.39, 0.29) is 17.1 Å². The van der Waals surface area contributed by atoms with Gasteiger partial charge in [-0.15, -0.1) is 0 Å². The topological polar surface area (TPSA) is 30.5 Å². The van der Waals surface area contributed by atoms with E-state index in [1.807, 2.05) is 5.32 Å². The van der Waals surface area contributed by atoms with E-state index in [1.54, 1.807) is 0 Å². The summed E-state index contributed by atoms with van der Waals surface area (Å²) >= 11 is 0. The van der Waals surface area contributed by atoms with E-state index in [2.05, 4.69) is 0 Å². The van der Waals surface area contributed by atoms with Crippen LogP contribution in [0.5, 0.6) is 11.5 Å². The van der Waals surface area contributed by atoms with Crippen molar-refractivity contribution in [1.29, 1.82) is 0 Å². The second-order valence-corrected chi connectivity index (χ2v) is 3.96. The second-order valence-electron chi connectivity index (χ2n) is 3.96. The van der Waals surface area contributed by atoms with Gasteiger partial charge in [0.05, 0.1) is 14.2 Å². The van der Waals surface area contributed by atoms with Gasteiger partial charge in [-0.2, -0.15) is 22.0 Å². The maximum absolute atomic E-state index is 13.4. The van der Waals surface area contributed by atoms with Crippen molar-refractivity contribution in [3.05, 3.63) is 23.8 Å². The standard InChI is InChI=1S/C12H14F5NO2/c1-18-10(11(13,14)12(15,16)17)7-4-5-8(19-2)9(6-7)20-3/h4-6,10,18H,1-3H3. The SMILES string of the molecule is CNC(c1ccc(OC)c(OC)c1)C(F)(F)C(F)(F)F. The maximum atomic E-state index is 13.4. The number of hydrogen-bond acceptors (Lipinski definition) is 3. The molecule has 0 spiro atoms. The average molecular weight is 299 g/mol. The summed E-state index contributed by atoms with van der Waals surface area (Å²) < 4.78 is 74.0. The first-order chi connectivity index (χ1) is 9.18. The maximum Gasteiger partial charge on any atom is 0.455 e. The molecule has 20 heavy (non-hydrogen) atoms. The van der Waals surface area contributed by atoms with Gasteiger partial charge in [0.2, 0.25) is 0 Å². The van der Waals surface area contributed by atoms with Crippen LogP contribution in [0.2, 0.25) is 0 Å². The van der Waals surface area contributed by atoms with Crippen molar-refractivity contribution in [1.82, 2.24) is 5.32 Å². The Morgan fingerprint density at radius 1 is 1.00 bits per heavy atom. The van der Waals surface area contributed by atoms with Crippen LogP contribution in [0.4, 0.5) is 22.0 Å². The molecule has 1 atom stereocenters. The highest BCUT2D eigenvalue weighted by Crippen LogP contribution is 2.45. The molecule has 1 aromatic rings. The van der Waals surface area contributed by atoms with Gasteiger partial charge in [0, 0.05) is 0 Å². The van der Waals surface area contributed by atoms with E-state index < -0.39 is 18.1 Å². The number of rotatable bonds is 5. The zero-order valence-corrected chi connectivity index (χ0v) is 11.0. The van der Waals surface area contributed by atoms with E-state index in [0.29, 0.717) is 0 Å². The van der Waals surface area contributed by atoms with E-state index in [4.69, 9.17) is 9.47 Å². The average Bonchev–Trinajstić information content (AvgIpc) is 2.37. The van der Waals surface area contributed by atoms with Crippen molar-refractivity contribution in [2.24, 2.45) is 0 Å². The number of alkyl halides is 5. The van der Waals surface area contributed by atoms with Crippen LogP contribution in [0.1, 0.15) is 11.6 Å². The van der Waals surface area contributed by atoms with Crippen LogP contribution in [0.3, 0.4) is 0 Å². The molecule has 1 unspecified atom stereocenters. The lowest BCUT2D eigenvalue weighted by atomic mass is 9.99. The number of nitrogens with one attached hydrogen (secondary N) is 1. The normalized spacial score (nSPS) is 14.0. The molecule has 3 nitrogen and oxygen atoms in total. The summed E-state index contributed by atoms with van der Waals surface area (Å²) in [5.74, 6) is -4.61. The second kappa shape index (κ2) is 5.82. The van der Waals surface area contributed by atoms with Crippen molar-refractivity contribution in [2.75, 3.05) is 21.3 Å². The predicted octanol–water partition coefficient (Wildman–Crippen LogP) is 3.16. The van der Waals surface area contributed by atoms with Gasteiger partial charge in [-0.3, -0.25) is 0 Å². The van der Waals surface area contributed by atoms with E-state index in [9.17, 15) is 22.0 Å². The van der Waals surface area contributed by atoms with Gasteiger partial charge in [-0.25, -0.2) is 0 Å². The van der Waals surface area contributed by atoms with Crippen LogP contribution < -0.4 is 14.8 Å². The molecule has 1 rings (SSSR count). The number of ether oxygens (including phenoxy) is 2. The third kappa shape index (κ3) is 2.95. The lowest BCUT2D eigenvalue weighted by Gasteiger charge is -2.29. The quantitative estimate of drug-likeness (QED) is 0.847. The molecule has 0 aliphatic rings. The van der Waals surface area contributed by atoms with Gasteiger partial charge in [0.25, 0.3) is 0 Å². The summed E-state index contributed by atoms with van der Waals surface area (Å²) in [6, 6.07) is 1.26. The Kier molecular flexibility index (Phi) is 4.80. The molecular weight excluding hydrogens is 285 g/mol. The number of hydrogen-bond donors (Lipinski definition) is 1. The Balaban J connectivity index is 3.26. The van der Waals surface area contributed by atoms with Crippen molar-refractivity contribution >= 4 is 0 Å². The van der Waals surface area contributed by atoms with Crippen LogP contribution in [0.15, 0.2) is 18.2 Å². The number of methoxy groups -OCH3 is 2. The lowest BCUT2D eigenvalue weighted by molar-refractivity contribution is -0.293. The lowest BCUT2D eigenvalue weighted by Crippen LogP contribution is -2.47. The fourth-order valence-electron chi connectivity index (χ4n) is 1.75. The molecule has 1 N–H and O–H groups in total. The molecule has 0 saturated heterocycles. The first-order valence-corrected chi connectivity index (χ1v) is 5.52. The van der Waals surface area contributed by atoms with Crippen molar-refractivity contribution in [3.63, 3.8) is 0 Å². The number of benzene rings is 1. The van der Waals surface area contributed by atoms with Gasteiger partial charge >= 0.3 is 12.1 Å². The molecule has 0 aliphatic carbocycles. The first-order valence-electron chi connectivity index (χ1n) is 5.52. The highest BCUT2D eigenvalue weighted by molar-refractivity contribution is 5.44. The van der Waals surface area contributed by atoms with Crippen LogP contribution in [-0.2, 0) is 0 Å². The minimum atomic E-state index is -5.66. The number of halogens is 5. The molecule has 0 amide bonds. The van der Waals surface area contributed by atoms with Crippen molar-refractivity contribution in [2.45, 2.75) is 18.1 Å². The summed E-state index contributed by atoms with van der Waals surface area (Å²) in [7, 11) is 3.62. The molecule has 0 heterocycles. The van der Waals surface area contributed by atoms with Gasteiger partial charge in [-0.05, 0) is 24.7 Å². The monoisotopic (exact) mass is 299 g/mol. The summed E-state index contributed by atoms with van der Waals surface area (Å²) in [4.78, 5) is 0. The van der Waals surface area contributed by atoms with Crippen molar-refractivity contribution in [3.8, 4) is 11.5 Å². The first kappa shape index (κ1) is 16.5. The zero-order chi connectivity index (χ0) is 15.6. The van der Waals surface area contributed by atoms with E-state index in [1.165, 1.54) is 20.3 Å². The molecule has 0 aliphatic heterocycles. The van der Waals surface area contributed by atoms with Crippen LogP contribution >= 0.6 is 0 Å². The van der Waals surface area contributed by atoms with Crippen LogP contribution in [-0.4, -0.2) is 33.4 Å². The third-order valence-electron chi connectivity index (χ3n) is 2.77. The molecule has 114 valence electrons. The Bertz CT molecular complexity index is 462. The van der Waals surface area contributed by atoms with Crippen LogP contribution in [0, 0.1) is 0 Å². The van der Waals surface area contributed by atoms with Gasteiger partial charge < -0.3 is 14.8 Å². The zero-order valence-electron chi connectivity index (χ0n) is 11.0. The van der Waals surface area contributed by atoms with E-state index >= 15 is 0 Å². The molecule has 0 fully saturated rings. The molecule has 0 aromatic heterocycles. The minimum absolute atomic E-state index is 0.0724. The van der Waals surface area contributed by atoms with Gasteiger partial charge in [0.1, 0.15) is 6.04 Å². The molecule has 0 bridgehead atoms. The van der Waals surface area contributed by atoms with E-state index in [0.717, 1.165) is 19.2 Å². The summed E-state index contributed by atoms with van der Waals surface area (Å²) in [6.07, 6.45) is -5.66. The fraction of sp³-hybridized carbons (Fsp3) is 0.500. The van der Waals surface area contributed by atoms with Crippen molar-refractivity contribution < 1.29 is 31.4 Å². The smallest absolute Gasteiger partial charge is 0.455 e. The Labute approximate surface area is 112 Å². The predicted molar refractivity (Wildman–Crippen MR) is 62.3 cm³/mol. The highest BCUT2D eigenvalue weighted by Gasteiger charge is 2.62. The Morgan fingerprint density at radius 2 is 1.55 bits per heavy atom. The third-order valence-corrected chi connectivity index (χ3v) is 2.77. The summed E-state index contributed by atoms with van der Waals surface area (Å²) in [5.41, 5.74) is -0.257. The highest BCUT2D eigenvalue weighted by atomic mass is 19.4. The summed E-state index contributed by atoms with van der Waals surface area (Å²) in [6.45, 7) is 0. The molecule has 0 saturated carbocycles. The summed E-state index contributed by atoms with van der Waals surface area (Å²) in [5, 5.41) is 1.99. The van der Waals surface area contributed by atoms with Gasteiger partial charge in [0.15, 0.2) is 11.5 Å². The molecular formula is C12H14F5NO2. The largest absolute Gasteiger partial charge is 0.493 e. The Hall–Kier alpha value is -1.57. The molecule has 8 heteroatoms.